The van der Waals surface area contributed by atoms with Gasteiger partial charge in [0.15, 0.2) is 0 Å². The van der Waals surface area contributed by atoms with Crippen LogP contribution in [0.3, 0.4) is 0 Å². The van der Waals surface area contributed by atoms with Crippen LogP contribution in [0.1, 0.15) is 37.8 Å². The molecule has 0 aromatic heterocycles. The van der Waals surface area contributed by atoms with Crippen LogP contribution >= 0.6 is 0 Å². The van der Waals surface area contributed by atoms with Gasteiger partial charge in [-0.2, -0.15) is 0 Å². The van der Waals surface area contributed by atoms with Gasteiger partial charge in [0.2, 0.25) is 0 Å². The van der Waals surface area contributed by atoms with Crippen molar-refractivity contribution >= 4 is 5.69 Å². The van der Waals surface area contributed by atoms with Crippen LogP contribution in [0.4, 0.5) is 5.69 Å². The fraction of sp³-hybridized carbons (Fsp3) is 0.625. The Kier molecular flexibility index (Phi) is 3.76. The zero-order valence-electron chi connectivity index (χ0n) is 11.9. The quantitative estimate of drug-likeness (QED) is 0.885. The van der Waals surface area contributed by atoms with E-state index in [2.05, 4.69) is 34.1 Å². The molecule has 0 saturated carbocycles. The zero-order chi connectivity index (χ0) is 13.2. The summed E-state index contributed by atoms with van der Waals surface area (Å²) in [5, 5.41) is 0. The van der Waals surface area contributed by atoms with Crippen molar-refractivity contribution in [3.05, 3.63) is 29.8 Å². The highest BCUT2D eigenvalue weighted by atomic mass is 15.3. The lowest BCUT2D eigenvalue weighted by molar-refractivity contribution is 0.133. The van der Waals surface area contributed by atoms with Gasteiger partial charge in [-0.3, -0.25) is 4.90 Å². The summed E-state index contributed by atoms with van der Waals surface area (Å²) in [6.45, 7) is 6.92. The molecule has 0 aliphatic carbocycles. The first-order chi connectivity index (χ1) is 9.24. The third-order valence-electron chi connectivity index (χ3n) is 4.62. The number of hydrogen-bond acceptors (Lipinski definition) is 3. The summed E-state index contributed by atoms with van der Waals surface area (Å²) in [4.78, 5) is 5.22. The molecule has 0 amide bonds. The lowest BCUT2D eigenvalue weighted by Crippen LogP contribution is -2.54. The Hall–Kier alpha value is -1.06. The topological polar surface area (TPSA) is 32.5 Å². The third kappa shape index (κ3) is 2.77. The molecule has 104 valence electrons. The van der Waals surface area contributed by atoms with Gasteiger partial charge in [0.25, 0.3) is 0 Å². The summed E-state index contributed by atoms with van der Waals surface area (Å²) < 4.78 is 0. The molecule has 2 atom stereocenters. The highest BCUT2D eigenvalue weighted by molar-refractivity contribution is 5.48. The molecule has 0 bridgehead atoms. The minimum absolute atomic E-state index is 0.129. The van der Waals surface area contributed by atoms with Gasteiger partial charge < -0.3 is 10.6 Å². The van der Waals surface area contributed by atoms with Gasteiger partial charge in [-0.05, 0) is 44.0 Å². The van der Waals surface area contributed by atoms with Gasteiger partial charge in [0.05, 0.1) is 0 Å². The van der Waals surface area contributed by atoms with Crippen LogP contribution in [-0.4, -0.2) is 37.1 Å². The molecule has 1 aromatic carbocycles. The van der Waals surface area contributed by atoms with Gasteiger partial charge in [0.1, 0.15) is 0 Å². The second-order valence-corrected chi connectivity index (χ2v) is 6.01. The van der Waals surface area contributed by atoms with E-state index in [9.17, 15) is 0 Å². The van der Waals surface area contributed by atoms with Crippen LogP contribution in [0, 0.1) is 0 Å². The minimum atomic E-state index is 0.129. The second-order valence-electron chi connectivity index (χ2n) is 6.01. The third-order valence-corrected chi connectivity index (χ3v) is 4.62. The van der Waals surface area contributed by atoms with E-state index in [-0.39, 0.29) is 6.04 Å². The summed E-state index contributed by atoms with van der Waals surface area (Å²) in [5.41, 5.74) is 8.49. The maximum atomic E-state index is 5.91. The van der Waals surface area contributed by atoms with Crippen molar-refractivity contribution in [2.24, 2.45) is 5.73 Å². The molecule has 1 unspecified atom stereocenters. The van der Waals surface area contributed by atoms with Crippen molar-refractivity contribution in [3.8, 4) is 0 Å². The number of piperazine rings is 1. The van der Waals surface area contributed by atoms with Crippen molar-refractivity contribution in [2.75, 3.05) is 31.1 Å². The smallest absolute Gasteiger partial charge is 0.0367 e. The Balaban J connectivity index is 1.69. The average molecular weight is 259 g/mol. The number of fused-ring (bicyclic) bond motifs is 1. The van der Waals surface area contributed by atoms with Crippen LogP contribution in [0.5, 0.6) is 0 Å². The van der Waals surface area contributed by atoms with Gasteiger partial charge in [0, 0.05) is 37.4 Å². The van der Waals surface area contributed by atoms with Gasteiger partial charge in [-0.15, -0.1) is 0 Å². The van der Waals surface area contributed by atoms with Crippen molar-refractivity contribution in [3.63, 3.8) is 0 Å². The highest BCUT2D eigenvalue weighted by Crippen LogP contribution is 2.25. The van der Waals surface area contributed by atoms with E-state index in [1.807, 2.05) is 6.92 Å². The van der Waals surface area contributed by atoms with E-state index in [4.69, 9.17) is 5.73 Å². The van der Waals surface area contributed by atoms with Gasteiger partial charge >= 0.3 is 0 Å². The van der Waals surface area contributed by atoms with Crippen molar-refractivity contribution in [1.29, 1.82) is 0 Å². The molecule has 0 radical (unpaired) electrons. The molecule has 2 heterocycles. The van der Waals surface area contributed by atoms with Gasteiger partial charge in [-0.1, -0.05) is 18.6 Å². The summed E-state index contributed by atoms with van der Waals surface area (Å²) in [6.07, 6.45) is 4.16. The molecule has 3 nitrogen and oxygen atoms in total. The number of rotatable bonds is 2. The molecular formula is C16H25N3. The monoisotopic (exact) mass is 259 g/mol. The molecule has 2 N–H and O–H groups in total. The first kappa shape index (κ1) is 12.9. The molecule has 2 aliphatic rings. The lowest BCUT2D eigenvalue weighted by Gasteiger charge is -2.45. The Bertz CT molecular complexity index is 413. The molecule has 19 heavy (non-hydrogen) atoms. The largest absolute Gasteiger partial charge is 0.369 e. The number of nitrogens with zero attached hydrogens (tertiary/aromatic N) is 2. The zero-order valence-corrected chi connectivity index (χ0v) is 11.9. The first-order valence-corrected chi connectivity index (χ1v) is 7.58. The molecule has 2 fully saturated rings. The fourth-order valence-corrected chi connectivity index (χ4v) is 3.38. The number of piperidine rings is 1. The summed E-state index contributed by atoms with van der Waals surface area (Å²) >= 11 is 0. The van der Waals surface area contributed by atoms with Crippen LogP contribution in [0.25, 0.3) is 0 Å². The Morgan fingerprint density at radius 2 is 1.89 bits per heavy atom. The maximum Gasteiger partial charge on any atom is 0.0367 e. The number of nitrogens with two attached hydrogens (primary N) is 1. The van der Waals surface area contributed by atoms with E-state index in [0.29, 0.717) is 0 Å². The molecule has 0 spiro atoms. The van der Waals surface area contributed by atoms with E-state index < -0.39 is 0 Å². The SMILES string of the molecule is C[C@H](N)c1ccc(N2CCN3CCCCC3C2)cc1. The summed E-state index contributed by atoms with van der Waals surface area (Å²) in [6, 6.07) is 9.72. The predicted molar refractivity (Wildman–Crippen MR) is 80.5 cm³/mol. The Morgan fingerprint density at radius 3 is 2.63 bits per heavy atom. The molecular weight excluding hydrogens is 234 g/mol. The fourth-order valence-electron chi connectivity index (χ4n) is 3.38. The Morgan fingerprint density at radius 1 is 1.11 bits per heavy atom. The Labute approximate surface area is 116 Å². The lowest BCUT2D eigenvalue weighted by atomic mass is 9.99. The number of anilines is 1. The maximum absolute atomic E-state index is 5.91. The van der Waals surface area contributed by atoms with Crippen molar-refractivity contribution < 1.29 is 0 Å². The van der Waals surface area contributed by atoms with E-state index in [1.165, 1.54) is 50.1 Å². The van der Waals surface area contributed by atoms with Crippen molar-refractivity contribution in [2.45, 2.75) is 38.3 Å². The van der Waals surface area contributed by atoms with Gasteiger partial charge in [-0.25, -0.2) is 0 Å². The molecule has 2 aliphatic heterocycles. The molecule has 1 aromatic rings. The normalized spacial score (nSPS) is 26.0. The number of hydrogen-bond donors (Lipinski definition) is 1. The minimum Gasteiger partial charge on any atom is -0.369 e. The second kappa shape index (κ2) is 5.51. The molecule has 2 saturated heterocycles. The number of benzene rings is 1. The van der Waals surface area contributed by atoms with E-state index in [0.717, 1.165) is 12.6 Å². The van der Waals surface area contributed by atoms with Crippen molar-refractivity contribution in [1.82, 2.24) is 4.90 Å². The summed E-state index contributed by atoms with van der Waals surface area (Å²) in [5.74, 6) is 0. The predicted octanol–water partition coefficient (Wildman–Crippen LogP) is 2.38. The van der Waals surface area contributed by atoms with E-state index >= 15 is 0 Å². The standard InChI is InChI=1S/C16H25N3/c1-13(17)14-5-7-15(8-6-14)19-11-10-18-9-3-2-4-16(18)12-19/h5-8,13,16H,2-4,9-12,17H2,1H3/t13-,16?/m0/s1. The van der Waals surface area contributed by atoms with Crippen LogP contribution in [0.15, 0.2) is 24.3 Å². The van der Waals surface area contributed by atoms with Crippen LogP contribution < -0.4 is 10.6 Å². The first-order valence-electron chi connectivity index (χ1n) is 7.58. The molecule has 3 heteroatoms. The van der Waals surface area contributed by atoms with E-state index in [1.54, 1.807) is 0 Å². The van der Waals surface area contributed by atoms with Crippen LogP contribution in [-0.2, 0) is 0 Å². The van der Waals surface area contributed by atoms with Crippen LogP contribution in [0.2, 0.25) is 0 Å². The summed E-state index contributed by atoms with van der Waals surface area (Å²) in [7, 11) is 0. The average Bonchev–Trinajstić information content (AvgIpc) is 2.47. The highest BCUT2D eigenvalue weighted by Gasteiger charge is 2.28. The molecule has 3 rings (SSSR count).